The summed E-state index contributed by atoms with van der Waals surface area (Å²) in [5, 5.41) is 2.87. The third kappa shape index (κ3) is 8.50. The molecule has 1 amide bonds. The van der Waals surface area contributed by atoms with Crippen LogP contribution in [0.5, 0.6) is 5.75 Å². The van der Waals surface area contributed by atoms with E-state index in [0.29, 0.717) is 18.8 Å². The minimum atomic E-state index is -0.319. The summed E-state index contributed by atoms with van der Waals surface area (Å²) in [6.45, 7) is 2.83. The van der Waals surface area contributed by atoms with E-state index in [0.717, 1.165) is 24.2 Å². The van der Waals surface area contributed by atoms with Crippen molar-refractivity contribution >= 4 is 5.91 Å². The van der Waals surface area contributed by atoms with Gasteiger partial charge in [0.05, 0.1) is 7.11 Å². The second-order valence-corrected chi connectivity index (χ2v) is 7.33. The highest BCUT2D eigenvalue weighted by atomic mass is 16.5. The van der Waals surface area contributed by atoms with Crippen LogP contribution in [0.1, 0.15) is 80.2 Å². The number of carbonyl (C=O) groups excluding carboxylic acids is 1. The molecule has 1 heterocycles. The van der Waals surface area contributed by atoms with Crippen LogP contribution in [0.4, 0.5) is 0 Å². The Hall–Kier alpha value is -2.63. The lowest BCUT2D eigenvalue weighted by Gasteiger charge is -2.07. The lowest BCUT2D eigenvalue weighted by molar-refractivity contribution is 0.0947. The normalized spacial score (nSPS) is 10.7. The zero-order chi connectivity index (χ0) is 20.9. The molecule has 0 bridgehead atoms. The van der Waals surface area contributed by atoms with E-state index in [1.54, 1.807) is 7.11 Å². The third-order valence-electron chi connectivity index (χ3n) is 4.87. The SMILES string of the molecule is CCCCCCCCCCNC(=O)c1cc(=O)[nH]c(Cc2ccc(OC)cc2)n1. The molecule has 158 valence electrons. The summed E-state index contributed by atoms with van der Waals surface area (Å²) < 4.78 is 5.15. The summed E-state index contributed by atoms with van der Waals surface area (Å²) in [7, 11) is 1.61. The fraction of sp³-hybridized carbons (Fsp3) is 0.522. The number of carbonyl (C=O) groups is 1. The largest absolute Gasteiger partial charge is 0.497 e. The monoisotopic (exact) mass is 399 g/mol. The van der Waals surface area contributed by atoms with Gasteiger partial charge in [-0.05, 0) is 24.1 Å². The Morgan fingerprint density at radius 2 is 1.69 bits per heavy atom. The highest BCUT2D eigenvalue weighted by molar-refractivity contribution is 5.92. The topological polar surface area (TPSA) is 84.1 Å². The molecule has 0 radical (unpaired) electrons. The van der Waals surface area contributed by atoms with E-state index in [1.165, 1.54) is 44.6 Å². The van der Waals surface area contributed by atoms with Crippen molar-refractivity contribution in [3.05, 3.63) is 57.8 Å². The highest BCUT2D eigenvalue weighted by Gasteiger charge is 2.10. The fourth-order valence-corrected chi connectivity index (χ4v) is 3.20. The Bertz CT molecular complexity index is 800. The van der Waals surface area contributed by atoms with Gasteiger partial charge in [0.1, 0.15) is 17.3 Å². The van der Waals surface area contributed by atoms with Gasteiger partial charge in [0.15, 0.2) is 0 Å². The summed E-state index contributed by atoms with van der Waals surface area (Å²) in [4.78, 5) is 31.3. The van der Waals surface area contributed by atoms with Gasteiger partial charge in [0, 0.05) is 19.0 Å². The van der Waals surface area contributed by atoms with Gasteiger partial charge in [0.2, 0.25) is 0 Å². The molecule has 0 aliphatic heterocycles. The molecule has 1 aromatic heterocycles. The van der Waals surface area contributed by atoms with Crippen molar-refractivity contribution in [2.45, 2.75) is 64.7 Å². The molecular formula is C23H33N3O3. The maximum Gasteiger partial charge on any atom is 0.270 e. The van der Waals surface area contributed by atoms with Gasteiger partial charge < -0.3 is 15.0 Å². The molecule has 0 saturated carbocycles. The minimum absolute atomic E-state index is 0.164. The quantitative estimate of drug-likeness (QED) is 0.494. The van der Waals surface area contributed by atoms with Crippen LogP contribution in [0.2, 0.25) is 0 Å². The number of hydrogen-bond donors (Lipinski definition) is 2. The fourth-order valence-electron chi connectivity index (χ4n) is 3.20. The molecule has 0 aliphatic rings. The molecule has 0 saturated heterocycles. The van der Waals surface area contributed by atoms with Gasteiger partial charge >= 0.3 is 0 Å². The van der Waals surface area contributed by atoms with Crippen LogP contribution >= 0.6 is 0 Å². The van der Waals surface area contributed by atoms with Gasteiger partial charge in [-0.3, -0.25) is 9.59 Å². The maximum atomic E-state index is 12.3. The number of methoxy groups -OCH3 is 1. The Balaban J connectivity index is 1.79. The van der Waals surface area contributed by atoms with Gasteiger partial charge in [-0.2, -0.15) is 0 Å². The molecule has 0 spiro atoms. The molecule has 0 atom stereocenters. The lowest BCUT2D eigenvalue weighted by Crippen LogP contribution is -2.28. The number of amides is 1. The Morgan fingerprint density at radius 1 is 1.03 bits per heavy atom. The molecule has 29 heavy (non-hydrogen) atoms. The molecule has 2 N–H and O–H groups in total. The number of rotatable bonds is 13. The Kier molecular flexibility index (Phi) is 9.96. The van der Waals surface area contributed by atoms with Crippen LogP contribution in [0.15, 0.2) is 35.1 Å². The van der Waals surface area contributed by atoms with Crippen LogP contribution in [0.3, 0.4) is 0 Å². The molecule has 0 fully saturated rings. The smallest absolute Gasteiger partial charge is 0.270 e. The van der Waals surface area contributed by atoms with E-state index < -0.39 is 0 Å². The van der Waals surface area contributed by atoms with E-state index >= 15 is 0 Å². The highest BCUT2D eigenvalue weighted by Crippen LogP contribution is 2.13. The molecule has 6 heteroatoms. The third-order valence-corrected chi connectivity index (χ3v) is 4.87. The number of ether oxygens (including phenoxy) is 1. The van der Waals surface area contributed by atoms with E-state index in [-0.39, 0.29) is 17.2 Å². The van der Waals surface area contributed by atoms with Crippen LogP contribution in [0, 0.1) is 0 Å². The molecule has 1 aromatic carbocycles. The molecule has 6 nitrogen and oxygen atoms in total. The van der Waals surface area contributed by atoms with Crippen molar-refractivity contribution in [1.82, 2.24) is 15.3 Å². The van der Waals surface area contributed by atoms with Gasteiger partial charge in [0.25, 0.3) is 11.5 Å². The minimum Gasteiger partial charge on any atom is -0.497 e. The van der Waals surface area contributed by atoms with Crippen molar-refractivity contribution in [3.63, 3.8) is 0 Å². The van der Waals surface area contributed by atoms with Crippen LogP contribution in [0.25, 0.3) is 0 Å². The van der Waals surface area contributed by atoms with E-state index in [9.17, 15) is 9.59 Å². The number of hydrogen-bond acceptors (Lipinski definition) is 4. The van der Waals surface area contributed by atoms with E-state index in [1.807, 2.05) is 24.3 Å². The van der Waals surface area contributed by atoms with Gasteiger partial charge in [-0.25, -0.2) is 4.98 Å². The first-order valence-electron chi connectivity index (χ1n) is 10.6. The molecular weight excluding hydrogens is 366 g/mol. The zero-order valence-electron chi connectivity index (χ0n) is 17.6. The van der Waals surface area contributed by atoms with Gasteiger partial charge in [-0.15, -0.1) is 0 Å². The molecule has 0 unspecified atom stereocenters. The second kappa shape index (κ2) is 12.8. The number of nitrogens with zero attached hydrogens (tertiary/aromatic N) is 1. The first kappa shape index (κ1) is 22.7. The summed E-state index contributed by atoms with van der Waals surface area (Å²) in [5.41, 5.74) is 0.822. The molecule has 2 aromatic rings. The summed E-state index contributed by atoms with van der Waals surface area (Å²) in [5.74, 6) is 0.944. The Morgan fingerprint density at radius 3 is 2.34 bits per heavy atom. The zero-order valence-corrected chi connectivity index (χ0v) is 17.6. The van der Waals surface area contributed by atoms with Crippen LogP contribution in [-0.4, -0.2) is 29.5 Å². The van der Waals surface area contributed by atoms with Gasteiger partial charge in [-0.1, -0.05) is 64.0 Å². The van der Waals surface area contributed by atoms with Crippen molar-refractivity contribution < 1.29 is 9.53 Å². The number of aromatic nitrogens is 2. The number of benzene rings is 1. The van der Waals surface area contributed by atoms with Crippen LogP contribution < -0.4 is 15.6 Å². The van der Waals surface area contributed by atoms with Crippen LogP contribution in [-0.2, 0) is 6.42 Å². The van der Waals surface area contributed by atoms with Crippen molar-refractivity contribution in [1.29, 1.82) is 0 Å². The first-order valence-corrected chi connectivity index (χ1v) is 10.6. The summed E-state index contributed by atoms with van der Waals surface area (Å²) >= 11 is 0. The summed E-state index contributed by atoms with van der Waals surface area (Å²) in [6.07, 6.45) is 10.2. The number of nitrogens with one attached hydrogen (secondary N) is 2. The second-order valence-electron chi connectivity index (χ2n) is 7.33. The van der Waals surface area contributed by atoms with Crippen molar-refractivity contribution in [2.75, 3.05) is 13.7 Å². The standard InChI is InChI=1S/C23H33N3O3/c1-3-4-5-6-7-8-9-10-15-24-23(28)20-17-22(27)26-21(25-20)16-18-11-13-19(29-2)14-12-18/h11-14,17H,3-10,15-16H2,1-2H3,(H,24,28)(H,25,26,27). The number of unbranched alkanes of at least 4 members (excludes halogenated alkanes) is 7. The molecule has 0 aliphatic carbocycles. The van der Waals surface area contributed by atoms with E-state index in [4.69, 9.17) is 4.74 Å². The predicted molar refractivity (Wildman–Crippen MR) is 116 cm³/mol. The molecule has 2 rings (SSSR count). The average molecular weight is 400 g/mol. The predicted octanol–water partition coefficient (Wildman–Crippen LogP) is 4.24. The Labute approximate surface area is 173 Å². The maximum absolute atomic E-state index is 12.3. The van der Waals surface area contributed by atoms with E-state index in [2.05, 4.69) is 22.2 Å². The van der Waals surface area contributed by atoms with Crippen molar-refractivity contribution in [2.24, 2.45) is 0 Å². The number of aromatic amines is 1. The van der Waals surface area contributed by atoms with Crippen molar-refractivity contribution in [3.8, 4) is 5.75 Å². The summed E-state index contributed by atoms with van der Waals surface area (Å²) in [6, 6.07) is 8.78. The first-order chi connectivity index (χ1) is 14.1. The average Bonchev–Trinajstić information content (AvgIpc) is 2.72. The number of H-pyrrole nitrogens is 1. The lowest BCUT2D eigenvalue weighted by atomic mass is 10.1.